The Morgan fingerprint density at radius 1 is 1.22 bits per heavy atom. The molecule has 5 heteroatoms. The molecular formula is C22H28N2O2S. The fourth-order valence-electron chi connectivity index (χ4n) is 5.07. The lowest BCUT2D eigenvalue weighted by Crippen LogP contribution is -2.47. The van der Waals surface area contributed by atoms with Gasteiger partial charge in [0.15, 0.2) is 0 Å². The molecule has 1 saturated heterocycles. The summed E-state index contributed by atoms with van der Waals surface area (Å²) in [6, 6.07) is 7.25. The molecule has 1 N–H and O–H groups in total. The number of fused-ring (bicyclic) bond motifs is 2. The molecule has 3 heterocycles. The van der Waals surface area contributed by atoms with Crippen molar-refractivity contribution < 1.29 is 9.47 Å². The Morgan fingerprint density at radius 3 is 2.96 bits per heavy atom. The normalized spacial score (nSPS) is 23.4. The van der Waals surface area contributed by atoms with Crippen molar-refractivity contribution in [3.05, 3.63) is 45.1 Å². The van der Waals surface area contributed by atoms with Crippen LogP contribution < -0.4 is 14.8 Å². The van der Waals surface area contributed by atoms with Crippen molar-refractivity contribution in [3.8, 4) is 11.5 Å². The van der Waals surface area contributed by atoms with E-state index in [9.17, 15) is 0 Å². The second kappa shape index (κ2) is 7.46. The molecule has 2 aliphatic heterocycles. The van der Waals surface area contributed by atoms with Crippen LogP contribution in [0, 0.1) is 5.92 Å². The first-order chi connectivity index (χ1) is 13.3. The maximum atomic E-state index is 5.92. The van der Waals surface area contributed by atoms with Crippen LogP contribution in [-0.2, 0) is 19.3 Å². The number of nitrogens with zero attached hydrogens (tertiary/aromatic N) is 1. The molecule has 0 radical (unpaired) electrons. The molecule has 1 fully saturated rings. The summed E-state index contributed by atoms with van der Waals surface area (Å²) in [5.41, 5.74) is 4.18. The minimum atomic E-state index is 0.393. The van der Waals surface area contributed by atoms with Gasteiger partial charge in [0.25, 0.3) is 0 Å². The predicted molar refractivity (Wildman–Crippen MR) is 109 cm³/mol. The summed E-state index contributed by atoms with van der Waals surface area (Å²) in [4.78, 5) is 4.27. The van der Waals surface area contributed by atoms with Crippen LogP contribution in [0.3, 0.4) is 0 Å². The highest BCUT2D eigenvalue weighted by atomic mass is 32.1. The van der Waals surface area contributed by atoms with Gasteiger partial charge in [0.05, 0.1) is 13.7 Å². The summed E-state index contributed by atoms with van der Waals surface area (Å²) in [5.74, 6) is 2.73. The molecule has 2 atom stereocenters. The number of benzene rings is 1. The zero-order valence-electron chi connectivity index (χ0n) is 16.0. The number of aryl methyl sites for hydroxylation is 1. The van der Waals surface area contributed by atoms with Gasteiger partial charge in [-0.1, -0.05) is 0 Å². The quantitative estimate of drug-likeness (QED) is 0.876. The lowest BCUT2D eigenvalue weighted by molar-refractivity contribution is 0.114. The lowest BCUT2D eigenvalue weighted by atomic mass is 9.79. The van der Waals surface area contributed by atoms with E-state index in [2.05, 4.69) is 33.8 Å². The highest BCUT2D eigenvalue weighted by molar-refractivity contribution is 7.10. The van der Waals surface area contributed by atoms with E-state index in [1.54, 1.807) is 10.4 Å². The third kappa shape index (κ3) is 3.26. The van der Waals surface area contributed by atoms with Crippen molar-refractivity contribution in [3.63, 3.8) is 0 Å². The first-order valence-corrected chi connectivity index (χ1v) is 11.0. The van der Waals surface area contributed by atoms with E-state index in [0.29, 0.717) is 12.0 Å². The first-order valence-electron chi connectivity index (χ1n) is 10.2. The molecular weight excluding hydrogens is 356 g/mol. The summed E-state index contributed by atoms with van der Waals surface area (Å²) >= 11 is 1.93. The van der Waals surface area contributed by atoms with Crippen LogP contribution in [0.1, 0.15) is 34.0 Å². The largest absolute Gasteiger partial charge is 0.496 e. The van der Waals surface area contributed by atoms with Crippen LogP contribution in [0.15, 0.2) is 23.6 Å². The Kier molecular flexibility index (Phi) is 4.84. The molecule has 1 aromatic heterocycles. The highest BCUT2D eigenvalue weighted by Gasteiger charge is 2.35. The van der Waals surface area contributed by atoms with E-state index in [1.165, 1.54) is 30.4 Å². The molecule has 0 amide bonds. The maximum absolute atomic E-state index is 5.92. The fraction of sp³-hybridized carbons (Fsp3) is 0.545. The molecule has 1 aliphatic carbocycles. The third-order valence-electron chi connectivity index (χ3n) is 6.41. The van der Waals surface area contributed by atoms with Gasteiger partial charge in [-0.2, -0.15) is 0 Å². The standard InChI is InChI=1S/C22H28N2O2S/c1-25-20-13-15-4-10-26-19(15)14-18(20)22(24-8-6-23-7-9-24)17-2-3-21-16(12-17)5-11-27-21/h5,11,13-14,17,22-23H,2-4,6-10,12H2,1H3. The summed E-state index contributed by atoms with van der Waals surface area (Å²) < 4.78 is 11.8. The zero-order valence-corrected chi connectivity index (χ0v) is 16.8. The van der Waals surface area contributed by atoms with Gasteiger partial charge in [0, 0.05) is 54.6 Å². The molecule has 2 unspecified atom stereocenters. The van der Waals surface area contributed by atoms with Crippen molar-refractivity contribution in [2.24, 2.45) is 5.92 Å². The van der Waals surface area contributed by atoms with Crippen LogP contribution in [0.2, 0.25) is 0 Å². The lowest BCUT2D eigenvalue weighted by Gasteiger charge is -2.41. The molecule has 4 nitrogen and oxygen atoms in total. The Hall–Kier alpha value is -1.56. The minimum absolute atomic E-state index is 0.393. The van der Waals surface area contributed by atoms with Crippen LogP contribution in [0.4, 0.5) is 0 Å². The van der Waals surface area contributed by atoms with Crippen molar-refractivity contribution in [1.82, 2.24) is 10.2 Å². The van der Waals surface area contributed by atoms with E-state index in [4.69, 9.17) is 9.47 Å². The highest BCUT2D eigenvalue weighted by Crippen LogP contribution is 2.45. The Balaban J connectivity index is 1.54. The van der Waals surface area contributed by atoms with E-state index < -0.39 is 0 Å². The Labute approximate surface area is 165 Å². The molecule has 2 aromatic rings. The van der Waals surface area contributed by atoms with Gasteiger partial charge >= 0.3 is 0 Å². The monoisotopic (exact) mass is 384 g/mol. The van der Waals surface area contributed by atoms with Crippen molar-refractivity contribution >= 4 is 11.3 Å². The number of nitrogens with one attached hydrogen (secondary N) is 1. The molecule has 0 saturated carbocycles. The topological polar surface area (TPSA) is 33.7 Å². The Morgan fingerprint density at radius 2 is 2.11 bits per heavy atom. The maximum Gasteiger partial charge on any atom is 0.124 e. The molecule has 144 valence electrons. The second-order valence-electron chi connectivity index (χ2n) is 7.90. The van der Waals surface area contributed by atoms with Crippen molar-refractivity contribution in [2.75, 3.05) is 39.9 Å². The SMILES string of the molecule is COc1cc2c(cc1C(C1CCc3sccc3C1)N1CCNCC1)OCC2. The number of ether oxygens (including phenoxy) is 2. The fourth-order valence-corrected chi connectivity index (χ4v) is 6.01. The predicted octanol–water partition coefficient (Wildman–Crippen LogP) is 3.44. The van der Waals surface area contributed by atoms with E-state index >= 15 is 0 Å². The molecule has 5 rings (SSSR count). The van der Waals surface area contributed by atoms with Gasteiger partial charge in [-0.3, -0.25) is 4.90 Å². The van der Waals surface area contributed by atoms with Crippen molar-refractivity contribution in [1.29, 1.82) is 0 Å². The second-order valence-corrected chi connectivity index (χ2v) is 8.90. The van der Waals surface area contributed by atoms with Gasteiger partial charge in [-0.05, 0) is 54.3 Å². The van der Waals surface area contributed by atoms with Crippen LogP contribution in [0.25, 0.3) is 0 Å². The smallest absolute Gasteiger partial charge is 0.124 e. The zero-order chi connectivity index (χ0) is 18.2. The van der Waals surface area contributed by atoms with Gasteiger partial charge in [0.2, 0.25) is 0 Å². The molecule has 0 bridgehead atoms. The van der Waals surface area contributed by atoms with Crippen LogP contribution >= 0.6 is 11.3 Å². The number of hydrogen-bond acceptors (Lipinski definition) is 5. The summed E-state index contributed by atoms with van der Waals surface area (Å²) in [6.45, 7) is 5.12. The van der Waals surface area contributed by atoms with E-state index in [-0.39, 0.29) is 0 Å². The summed E-state index contributed by atoms with van der Waals surface area (Å²) in [5, 5.41) is 5.77. The minimum Gasteiger partial charge on any atom is -0.496 e. The number of piperazine rings is 1. The van der Waals surface area contributed by atoms with E-state index in [1.807, 2.05) is 18.4 Å². The van der Waals surface area contributed by atoms with Gasteiger partial charge in [-0.15, -0.1) is 11.3 Å². The molecule has 0 spiro atoms. The third-order valence-corrected chi connectivity index (χ3v) is 7.44. The summed E-state index contributed by atoms with van der Waals surface area (Å²) in [7, 11) is 1.81. The summed E-state index contributed by atoms with van der Waals surface area (Å²) in [6.07, 6.45) is 4.63. The Bertz CT molecular complexity index is 813. The number of methoxy groups -OCH3 is 1. The van der Waals surface area contributed by atoms with Gasteiger partial charge < -0.3 is 14.8 Å². The van der Waals surface area contributed by atoms with Gasteiger partial charge in [0.1, 0.15) is 11.5 Å². The van der Waals surface area contributed by atoms with Crippen LogP contribution in [0.5, 0.6) is 11.5 Å². The molecule has 27 heavy (non-hydrogen) atoms. The molecule has 3 aliphatic rings. The number of rotatable bonds is 4. The number of hydrogen-bond donors (Lipinski definition) is 1. The first kappa shape index (κ1) is 17.5. The molecule has 1 aromatic carbocycles. The van der Waals surface area contributed by atoms with E-state index in [0.717, 1.165) is 50.7 Å². The average molecular weight is 385 g/mol. The van der Waals surface area contributed by atoms with Gasteiger partial charge in [-0.25, -0.2) is 0 Å². The average Bonchev–Trinajstić information content (AvgIpc) is 3.36. The van der Waals surface area contributed by atoms with Crippen molar-refractivity contribution in [2.45, 2.75) is 31.7 Å². The number of thiophene rings is 1. The van der Waals surface area contributed by atoms with Crippen LogP contribution in [-0.4, -0.2) is 44.8 Å².